The number of aromatic nitrogens is 4. The Kier molecular flexibility index (Phi) is 3.28. The number of halogens is 1. The minimum Gasteiger partial charge on any atom is -0.387 e. The molecule has 6 nitrogen and oxygen atoms in total. The summed E-state index contributed by atoms with van der Waals surface area (Å²) in [6, 6.07) is 8.94. The molecule has 0 spiro atoms. The second kappa shape index (κ2) is 5.35. The molecule has 1 aromatic carbocycles. The van der Waals surface area contributed by atoms with Crippen LogP contribution in [-0.4, -0.2) is 26.1 Å². The molecular weight excluding hydrogens is 326 g/mol. The third-order valence-electron chi connectivity index (χ3n) is 4.14. The lowest BCUT2D eigenvalue weighted by molar-refractivity contribution is 0.920. The molecule has 7 heteroatoms. The van der Waals surface area contributed by atoms with E-state index in [0.29, 0.717) is 21.7 Å². The first-order valence-corrected chi connectivity index (χ1v) is 7.78. The largest absolute Gasteiger partial charge is 0.387 e. The van der Waals surface area contributed by atoms with Crippen LogP contribution in [0.5, 0.6) is 0 Å². The van der Waals surface area contributed by atoms with Crippen molar-refractivity contribution in [3.63, 3.8) is 0 Å². The summed E-state index contributed by atoms with van der Waals surface area (Å²) in [4.78, 5) is 22.0. The van der Waals surface area contributed by atoms with Crippen molar-refractivity contribution >= 4 is 39.4 Å². The smallest absolute Gasteiger partial charge is 0.282 e. The van der Waals surface area contributed by atoms with E-state index in [0.717, 1.165) is 16.7 Å². The molecule has 0 radical (unpaired) electrons. The van der Waals surface area contributed by atoms with Gasteiger partial charge in [0.25, 0.3) is 5.56 Å². The van der Waals surface area contributed by atoms with Crippen LogP contribution in [0, 0.1) is 0 Å². The van der Waals surface area contributed by atoms with Gasteiger partial charge in [0, 0.05) is 31.0 Å². The number of benzene rings is 1. The van der Waals surface area contributed by atoms with Crippen LogP contribution in [0.1, 0.15) is 0 Å². The van der Waals surface area contributed by atoms with Gasteiger partial charge in [-0.1, -0.05) is 11.6 Å². The van der Waals surface area contributed by atoms with E-state index in [2.05, 4.69) is 15.3 Å². The zero-order valence-corrected chi connectivity index (χ0v) is 13.9. The molecule has 0 aliphatic carbocycles. The van der Waals surface area contributed by atoms with Gasteiger partial charge in [0.2, 0.25) is 0 Å². The lowest BCUT2D eigenvalue weighted by Crippen LogP contribution is -2.20. The van der Waals surface area contributed by atoms with Gasteiger partial charge in [-0.3, -0.25) is 9.36 Å². The Bertz CT molecular complexity index is 1130. The lowest BCUT2D eigenvalue weighted by Gasteiger charge is -2.06. The molecule has 24 heavy (non-hydrogen) atoms. The summed E-state index contributed by atoms with van der Waals surface area (Å²) in [6.07, 6.45) is 3.25. The van der Waals surface area contributed by atoms with Crippen molar-refractivity contribution in [1.29, 1.82) is 0 Å². The first-order valence-electron chi connectivity index (χ1n) is 7.40. The number of hydrogen-bond donors (Lipinski definition) is 1. The maximum Gasteiger partial charge on any atom is 0.282 e. The average molecular weight is 340 g/mol. The van der Waals surface area contributed by atoms with E-state index >= 15 is 0 Å². The highest BCUT2D eigenvalue weighted by molar-refractivity contribution is 6.30. The van der Waals surface area contributed by atoms with Gasteiger partial charge in [-0.05, 0) is 30.3 Å². The average Bonchev–Trinajstić information content (AvgIpc) is 2.90. The van der Waals surface area contributed by atoms with E-state index in [9.17, 15) is 4.79 Å². The molecule has 0 aliphatic rings. The number of aryl methyl sites for hydroxylation is 1. The summed E-state index contributed by atoms with van der Waals surface area (Å²) >= 11 is 5.92. The van der Waals surface area contributed by atoms with E-state index < -0.39 is 0 Å². The van der Waals surface area contributed by atoms with Crippen LogP contribution in [0.4, 0.5) is 5.69 Å². The third kappa shape index (κ3) is 2.00. The molecule has 0 unspecified atom stereocenters. The minimum atomic E-state index is -0.148. The minimum absolute atomic E-state index is 0.148. The van der Waals surface area contributed by atoms with Gasteiger partial charge in [-0.15, -0.1) is 0 Å². The van der Waals surface area contributed by atoms with Gasteiger partial charge < -0.3 is 9.88 Å². The van der Waals surface area contributed by atoms with E-state index in [1.54, 1.807) is 41.4 Å². The molecule has 0 saturated carbocycles. The first kappa shape index (κ1) is 14.7. The SMILES string of the molecule is CNc1ccnc2c1c1ncn(-c3ccc(Cl)cc3)c(=O)c1n2C. The molecular formula is C17H14ClN5O. The Hall–Kier alpha value is -2.86. The molecule has 0 amide bonds. The van der Waals surface area contributed by atoms with Gasteiger partial charge in [0.15, 0.2) is 0 Å². The Morgan fingerprint density at radius 2 is 1.88 bits per heavy atom. The van der Waals surface area contributed by atoms with Gasteiger partial charge >= 0.3 is 0 Å². The summed E-state index contributed by atoms with van der Waals surface area (Å²) in [5.41, 5.74) is 3.32. The van der Waals surface area contributed by atoms with Crippen LogP contribution in [0.3, 0.4) is 0 Å². The predicted octanol–water partition coefficient (Wildman–Crippen LogP) is 2.97. The molecule has 1 N–H and O–H groups in total. The Morgan fingerprint density at radius 1 is 1.12 bits per heavy atom. The standard InChI is InChI=1S/C17H14ClN5O/c1-19-12-7-8-20-16-13(12)14-15(22(16)2)17(24)23(9-21-14)11-5-3-10(18)4-6-11/h3-9H,1-2H3,(H,19,20). The van der Waals surface area contributed by atoms with Gasteiger partial charge in [-0.2, -0.15) is 0 Å². The number of fused-ring (bicyclic) bond motifs is 3. The topological polar surface area (TPSA) is 64.7 Å². The van der Waals surface area contributed by atoms with Crippen LogP contribution in [-0.2, 0) is 7.05 Å². The summed E-state index contributed by atoms with van der Waals surface area (Å²) in [7, 11) is 3.66. The molecule has 4 rings (SSSR count). The predicted molar refractivity (Wildman–Crippen MR) is 96.2 cm³/mol. The van der Waals surface area contributed by atoms with Crippen LogP contribution in [0.2, 0.25) is 5.02 Å². The Balaban J connectivity index is 2.10. The number of nitrogens with one attached hydrogen (secondary N) is 1. The van der Waals surface area contributed by atoms with Crippen molar-refractivity contribution in [3.05, 3.63) is 58.2 Å². The van der Waals surface area contributed by atoms with E-state index in [1.807, 2.05) is 20.2 Å². The lowest BCUT2D eigenvalue weighted by atomic mass is 10.2. The molecule has 3 aromatic heterocycles. The molecule has 0 bridgehead atoms. The van der Waals surface area contributed by atoms with Crippen molar-refractivity contribution in [2.75, 3.05) is 12.4 Å². The molecule has 120 valence electrons. The Morgan fingerprint density at radius 3 is 2.58 bits per heavy atom. The van der Waals surface area contributed by atoms with Crippen LogP contribution in [0.25, 0.3) is 27.8 Å². The van der Waals surface area contributed by atoms with E-state index in [1.165, 1.54) is 4.57 Å². The number of rotatable bonds is 2. The highest BCUT2D eigenvalue weighted by Gasteiger charge is 2.18. The summed E-state index contributed by atoms with van der Waals surface area (Å²) < 4.78 is 3.30. The zero-order chi connectivity index (χ0) is 16.8. The van der Waals surface area contributed by atoms with Gasteiger partial charge in [-0.25, -0.2) is 9.97 Å². The molecule has 3 heterocycles. The van der Waals surface area contributed by atoms with E-state index in [4.69, 9.17) is 11.6 Å². The van der Waals surface area contributed by atoms with Crippen LogP contribution < -0.4 is 10.9 Å². The summed E-state index contributed by atoms with van der Waals surface area (Å²) in [6.45, 7) is 0. The number of hydrogen-bond acceptors (Lipinski definition) is 4. The first-order chi connectivity index (χ1) is 11.6. The number of nitrogens with zero attached hydrogens (tertiary/aromatic N) is 4. The van der Waals surface area contributed by atoms with Crippen molar-refractivity contribution in [2.24, 2.45) is 7.05 Å². The summed E-state index contributed by atoms with van der Waals surface area (Å²) in [5, 5.41) is 4.59. The fourth-order valence-electron chi connectivity index (χ4n) is 2.97. The van der Waals surface area contributed by atoms with Crippen LogP contribution in [0.15, 0.2) is 47.7 Å². The maximum absolute atomic E-state index is 13.0. The molecule has 0 atom stereocenters. The monoisotopic (exact) mass is 339 g/mol. The fourth-order valence-corrected chi connectivity index (χ4v) is 3.09. The van der Waals surface area contributed by atoms with Crippen molar-refractivity contribution in [1.82, 2.24) is 19.1 Å². The second-order valence-corrected chi connectivity index (χ2v) is 5.90. The van der Waals surface area contributed by atoms with Gasteiger partial charge in [0.1, 0.15) is 23.0 Å². The van der Waals surface area contributed by atoms with Gasteiger partial charge in [0.05, 0.1) is 11.1 Å². The molecule has 0 saturated heterocycles. The summed E-state index contributed by atoms with van der Waals surface area (Å²) in [5.74, 6) is 0. The Labute approximate surface area is 142 Å². The zero-order valence-electron chi connectivity index (χ0n) is 13.1. The van der Waals surface area contributed by atoms with E-state index in [-0.39, 0.29) is 5.56 Å². The van der Waals surface area contributed by atoms with Crippen molar-refractivity contribution < 1.29 is 0 Å². The molecule has 4 aromatic rings. The fraction of sp³-hybridized carbons (Fsp3) is 0.118. The quantitative estimate of drug-likeness (QED) is 0.610. The van der Waals surface area contributed by atoms with Crippen molar-refractivity contribution in [3.8, 4) is 5.69 Å². The number of pyridine rings is 1. The number of anilines is 1. The highest BCUT2D eigenvalue weighted by Crippen LogP contribution is 2.29. The normalized spacial score (nSPS) is 11.3. The maximum atomic E-state index is 13.0. The third-order valence-corrected chi connectivity index (χ3v) is 4.39. The van der Waals surface area contributed by atoms with Crippen molar-refractivity contribution in [2.45, 2.75) is 0 Å². The second-order valence-electron chi connectivity index (χ2n) is 5.46. The highest BCUT2D eigenvalue weighted by atomic mass is 35.5. The molecule has 0 fully saturated rings. The molecule has 0 aliphatic heterocycles. The van der Waals surface area contributed by atoms with Crippen LogP contribution >= 0.6 is 11.6 Å².